The molecule has 204 valence electrons. The van der Waals surface area contributed by atoms with E-state index in [4.69, 9.17) is 4.84 Å². The van der Waals surface area contributed by atoms with Gasteiger partial charge in [0.05, 0.1) is 24.5 Å². The molecule has 0 N–H and O–H groups in total. The van der Waals surface area contributed by atoms with Crippen LogP contribution in [0.15, 0.2) is 65.9 Å². The lowest BCUT2D eigenvalue weighted by molar-refractivity contribution is -0.145. The summed E-state index contributed by atoms with van der Waals surface area (Å²) in [6, 6.07) is 15.3. The first-order chi connectivity index (χ1) is 19.2. The predicted octanol–water partition coefficient (Wildman–Crippen LogP) is 5.33. The molecule has 0 bridgehead atoms. The molecule has 0 fully saturated rings. The average molecular weight is 551 g/mol. The van der Waals surface area contributed by atoms with Gasteiger partial charge in [0.1, 0.15) is 11.6 Å². The second-order valence-electron chi connectivity index (χ2n) is 9.67. The minimum Gasteiger partial charge on any atom is -0.385 e. The van der Waals surface area contributed by atoms with E-state index in [0.717, 1.165) is 5.56 Å². The Bertz CT molecular complexity index is 1630. The highest BCUT2D eigenvalue weighted by Gasteiger charge is 2.38. The highest BCUT2D eigenvalue weighted by atomic mass is 19.4. The van der Waals surface area contributed by atoms with Gasteiger partial charge < -0.3 is 9.74 Å². The number of benzene rings is 2. The van der Waals surface area contributed by atoms with Gasteiger partial charge in [-0.05, 0) is 54.4 Å². The Morgan fingerprint density at radius 1 is 1.05 bits per heavy atom. The van der Waals surface area contributed by atoms with E-state index in [1.807, 2.05) is 12.1 Å². The highest BCUT2D eigenvalue weighted by molar-refractivity contribution is 6.05. The number of nitrogens with zero attached hydrogens (tertiary/aromatic N) is 6. The number of carbonyl (C=O) groups is 1. The van der Waals surface area contributed by atoms with Crippen LogP contribution < -0.4 is 0 Å². The lowest BCUT2D eigenvalue weighted by atomic mass is 9.94. The van der Waals surface area contributed by atoms with Crippen LogP contribution in [0.4, 0.5) is 17.6 Å². The summed E-state index contributed by atoms with van der Waals surface area (Å²) in [5.41, 5.74) is 3.58. The van der Waals surface area contributed by atoms with Gasteiger partial charge in [-0.3, -0.25) is 9.78 Å². The van der Waals surface area contributed by atoms with Gasteiger partial charge in [-0.15, -0.1) is 5.10 Å². The first kappa shape index (κ1) is 25.7. The molecular weight excluding hydrogens is 528 g/mol. The first-order valence-electron chi connectivity index (χ1n) is 12.5. The van der Waals surface area contributed by atoms with Gasteiger partial charge in [0.2, 0.25) is 0 Å². The summed E-state index contributed by atoms with van der Waals surface area (Å²) >= 11 is 0. The van der Waals surface area contributed by atoms with E-state index >= 15 is 4.39 Å². The van der Waals surface area contributed by atoms with Gasteiger partial charge in [-0.1, -0.05) is 23.4 Å². The van der Waals surface area contributed by atoms with Crippen molar-refractivity contribution in [1.29, 1.82) is 0 Å². The second kappa shape index (κ2) is 9.85. The summed E-state index contributed by atoms with van der Waals surface area (Å²) in [6.45, 7) is 1.83. The minimum absolute atomic E-state index is 0.0413. The van der Waals surface area contributed by atoms with Crippen molar-refractivity contribution in [3.8, 4) is 11.1 Å². The molecule has 2 aromatic heterocycles. The van der Waals surface area contributed by atoms with Crippen LogP contribution in [0.3, 0.4) is 0 Å². The van der Waals surface area contributed by atoms with Crippen molar-refractivity contribution >= 4 is 11.6 Å². The molecule has 2 aliphatic rings. The zero-order valence-corrected chi connectivity index (χ0v) is 21.2. The number of fused-ring (bicyclic) bond motifs is 1. The zero-order chi connectivity index (χ0) is 28.0. The normalized spacial score (nSPS) is 16.9. The van der Waals surface area contributed by atoms with Crippen molar-refractivity contribution in [2.45, 2.75) is 38.7 Å². The van der Waals surface area contributed by atoms with Crippen LogP contribution >= 0.6 is 0 Å². The van der Waals surface area contributed by atoms with Crippen LogP contribution in [0.25, 0.3) is 11.1 Å². The Labute approximate surface area is 225 Å². The van der Waals surface area contributed by atoms with Crippen LogP contribution in [0.5, 0.6) is 0 Å². The third-order valence-corrected chi connectivity index (χ3v) is 6.84. The van der Waals surface area contributed by atoms with E-state index in [9.17, 15) is 18.0 Å². The van der Waals surface area contributed by atoms with Gasteiger partial charge in [0.15, 0.2) is 6.10 Å². The summed E-state index contributed by atoms with van der Waals surface area (Å²) in [4.78, 5) is 28.6. The summed E-state index contributed by atoms with van der Waals surface area (Å²) in [6.07, 6.45) is -3.05. The number of amides is 1. The number of aromatic nitrogens is 4. The molecule has 40 heavy (non-hydrogen) atoms. The fourth-order valence-electron chi connectivity index (χ4n) is 4.81. The van der Waals surface area contributed by atoms with Gasteiger partial charge in [-0.25, -0.2) is 14.1 Å². The molecule has 2 aliphatic heterocycles. The van der Waals surface area contributed by atoms with Crippen molar-refractivity contribution < 1.29 is 27.2 Å². The molecule has 1 atom stereocenters. The number of halogens is 4. The Morgan fingerprint density at radius 2 is 1.88 bits per heavy atom. The molecule has 6 rings (SSSR count). The number of pyridine rings is 1. The Balaban J connectivity index is 1.34. The fraction of sp³-hybridized carbons (Fsp3) is 0.250. The Hall–Kier alpha value is -4.61. The van der Waals surface area contributed by atoms with E-state index < -0.39 is 29.8 Å². The predicted molar refractivity (Wildman–Crippen MR) is 136 cm³/mol. The third-order valence-electron chi connectivity index (χ3n) is 6.84. The van der Waals surface area contributed by atoms with E-state index in [2.05, 4.69) is 20.2 Å². The number of alkyl halides is 3. The molecular formula is C28H22F4N6O2. The largest absolute Gasteiger partial charge is 0.453 e. The Morgan fingerprint density at radius 3 is 2.62 bits per heavy atom. The minimum atomic E-state index is -4.68. The van der Waals surface area contributed by atoms with Gasteiger partial charge >= 0.3 is 6.18 Å². The number of aryl methyl sites for hydroxylation is 1. The number of oxime groups is 1. The molecule has 0 saturated heterocycles. The van der Waals surface area contributed by atoms with Crippen molar-refractivity contribution in [3.63, 3.8) is 0 Å². The monoisotopic (exact) mass is 550 g/mol. The second-order valence-corrected chi connectivity index (χ2v) is 9.67. The van der Waals surface area contributed by atoms with Crippen LogP contribution in [0, 0.1) is 12.7 Å². The van der Waals surface area contributed by atoms with Crippen LogP contribution in [-0.2, 0) is 24.1 Å². The van der Waals surface area contributed by atoms with Gasteiger partial charge in [0, 0.05) is 35.9 Å². The molecule has 8 nitrogen and oxygen atoms in total. The molecule has 0 aliphatic carbocycles. The fourth-order valence-corrected chi connectivity index (χ4v) is 4.81. The van der Waals surface area contributed by atoms with E-state index in [1.165, 1.54) is 15.6 Å². The van der Waals surface area contributed by atoms with Gasteiger partial charge in [-0.2, -0.15) is 13.2 Å². The number of carbonyl (C=O) groups excluding carboxylic acids is 1. The van der Waals surface area contributed by atoms with Crippen molar-refractivity contribution in [2.24, 2.45) is 5.16 Å². The van der Waals surface area contributed by atoms with Crippen LogP contribution in [0.2, 0.25) is 0 Å². The maximum Gasteiger partial charge on any atom is 0.453 e. The maximum absolute atomic E-state index is 15.0. The summed E-state index contributed by atoms with van der Waals surface area (Å²) < 4.78 is 55.5. The highest BCUT2D eigenvalue weighted by Crippen LogP contribution is 2.33. The third kappa shape index (κ3) is 4.92. The summed E-state index contributed by atoms with van der Waals surface area (Å²) in [5.74, 6) is -2.08. The number of hydrogen-bond donors (Lipinski definition) is 0. The smallest absolute Gasteiger partial charge is 0.385 e. The maximum atomic E-state index is 15.0. The molecule has 0 radical (unpaired) electrons. The molecule has 0 spiro atoms. The van der Waals surface area contributed by atoms with Crippen LogP contribution in [0.1, 0.15) is 51.4 Å². The topological polar surface area (TPSA) is 85.5 Å². The van der Waals surface area contributed by atoms with E-state index in [1.54, 1.807) is 49.5 Å². The molecule has 0 saturated carbocycles. The summed E-state index contributed by atoms with van der Waals surface area (Å²) in [5, 5.41) is 7.76. The number of rotatable bonds is 4. The molecule has 1 unspecified atom stereocenters. The lowest BCUT2D eigenvalue weighted by Gasteiger charge is -2.27. The SMILES string of the molecule is Cc1ccc(-c2cc(C(=O)N3CCn4nc(C(F)(F)F)nc4C3)cc(C3=NOC(c4ccccn4)C3)c2)c(F)c1. The van der Waals surface area contributed by atoms with E-state index in [-0.39, 0.29) is 31.0 Å². The molecule has 1 amide bonds. The zero-order valence-electron chi connectivity index (χ0n) is 21.2. The average Bonchev–Trinajstić information content (AvgIpc) is 3.60. The molecule has 2 aromatic carbocycles. The van der Waals surface area contributed by atoms with Crippen molar-refractivity contribution in [3.05, 3.63) is 101 Å². The first-order valence-corrected chi connectivity index (χ1v) is 12.5. The summed E-state index contributed by atoms with van der Waals surface area (Å²) in [7, 11) is 0. The van der Waals surface area contributed by atoms with Gasteiger partial charge in [0.25, 0.3) is 11.7 Å². The van der Waals surface area contributed by atoms with E-state index in [0.29, 0.717) is 34.5 Å². The molecule has 4 aromatic rings. The molecule has 12 heteroatoms. The standard InChI is InChI=1S/C28H22F4N6O2/c1-16-5-6-20(21(29)10-16)17-11-18(23-14-24(40-36-23)22-4-2-3-7-33-22)13-19(12-17)26(39)37-8-9-38-25(15-37)34-27(35-38)28(30,31)32/h2-7,10-13,24H,8-9,14-15H2,1H3. The number of hydrogen-bond acceptors (Lipinski definition) is 6. The Kier molecular flexibility index (Phi) is 6.32. The van der Waals surface area contributed by atoms with Crippen molar-refractivity contribution in [2.75, 3.05) is 6.54 Å². The van der Waals surface area contributed by atoms with Crippen molar-refractivity contribution in [1.82, 2.24) is 24.6 Å². The lowest BCUT2D eigenvalue weighted by Crippen LogP contribution is -2.38. The van der Waals surface area contributed by atoms with Crippen LogP contribution in [-0.4, -0.2) is 42.8 Å². The molecule has 4 heterocycles. The quantitative estimate of drug-likeness (QED) is 0.321.